The summed E-state index contributed by atoms with van der Waals surface area (Å²) in [5.74, 6) is -1.86. The molecule has 2 amide bonds. The van der Waals surface area contributed by atoms with Crippen LogP contribution in [0.15, 0.2) is 24.3 Å². The first-order valence-corrected chi connectivity index (χ1v) is 12.5. The minimum atomic E-state index is -0.917. The van der Waals surface area contributed by atoms with Crippen LogP contribution in [0.1, 0.15) is 66.9 Å². The van der Waals surface area contributed by atoms with Crippen LogP contribution >= 0.6 is 0 Å². The summed E-state index contributed by atoms with van der Waals surface area (Å²) in [5, 5.41) is 12.2. The Hall–Kier alpha value is -2.59. The van der Waals surface area contributed by atoms with Crippen LogP contribution in [0, 0.1) is 5.92 Å². The summed E-state index contributed by atoms with van der Waals surface area (Å²) in [4.78, 5) is 39.1. The smallest absolute Gasteiger partial charge is 0.481 e. The standard InChI is InChI=1S/C26H39BN2O7/c1-24(2,3)34-23(33)28-20(21(30)29-13-9-11-18(16-29)22(31)32)15-17-10-8-12-19(14-17)27-35-25(4,5)26(6,7)36-27/h8,10,12,14,18,20H,9,11,13,15-16H2,1-7H3,(H,28,33)(H,31,32)/t18-,20?/m1/s1. The molecule has 2 N–H and O–H groups in total. The maximum absolute atomic E-state index is 13.5. The molecule has 0 spiro atoms. The van der Waals surface area contributed by atoms with Crippen LogP contribution in [-0.4, -0.2) is 71.0 Å². The first-order valence-electron chi connectivity index (χ1n) is 12.5. The molecule has 2 aliphatic rings. The van der Waals surface area contributed by atoms with Gasteiger partial charge in [0.25, 0.3) is 0 Å². The molecule has 0 aliphatic carbocycles. The second-order valence-electron chi connectivity index (χ2n) is 11.7. The number of carboxylic acids is 1. The average Bonchev–Trinajstić information content (AvgIpc) is 2.98. The zero-order chi connectivity index (χ0) is 26.9. The van der Waals surface area contributed by atoms with Crippen LogP contribution in [0.4, 0.5) is 4.79 Å². The number of hydrogen-bond acceptors (Lipinski definition) is 6. The number of ether oxygens (including phenoxy) is 1. The Balaban J connectivity index is 1.81. The molecular formula is C26H39BN2O7. The third-order valence-electron chi connectivity index (χ3n) is 6.99. The number of aliphatic carboxylic acids is 1. The van der Waals surface area contributed by atoms with Crippen LogP contribution in [0.2, 0.25) is 0 Å². The van der Waals surface area contributed by atoms with E-state index in [1.807, 2.05) is 52.0 Å². The van der Waals surface area contributed by atoms with E-state index in [9.17, 15) is 19.5 Å². The van der Waals surface area contributed by atoms with Gasteiger partial charge >= 0.3 is 19.2 Å². The summed E-state index contributed by atoms with van der Waals surface area (Å²) in [5.41, 5.74) is -0.0749. The van der Waals surface area contributed by atoms with Crippen molar-refractivity contribution in [2.45, 2.75) is 90.6 Å². The molecule has 1 unspecified atom stereocenters. The Morgan fingerprint density at radius 2 is 1.83 bits per heavy atom. The van der Waals surface area contributed by atoms with E-state index in [1.54, 1.807) is 20.8 Å². The molecule has 2 fully saturated rings. The highest BCUT2D eigenvalue weighted by molar-refractivity contribution is 6.62. The molecule has 36 heavy (non-hydrogen) atoms. The number of nitrogens with one attached hydrogen (secondary N) is 1. The third kappa shape index (κ3) is 6.79. The largest absolute Gasteiger partial charge is 0.494 e. The van der Waals surface area contributed by atoms with Crippen LogP contribution in [-0.2, 0) is 30.1 Å². The van der Waals surface area contributed by atoms with Gasteiger partial charge in [-0.1, -0.05) is 24.3 Å². The van der Waals surface area contributed by atoms with E-state index < -0.39 is 47.9 Å². The van der Waals surface area contributed by atoms with Crippen molar-refractivity contribution in [1.29, 1.82) is 0 Å². The van der Waals surface area contributed by atoms with E-state index in [0.717, 1.165) is 11.0 Å². The number of amides is 2. The molecule has 2 heterocycles. The van der Waals surface area contributed by atoms with Crippen molar-refractivity contribution < 1.29 is 33.5 Å². The van der Waals surface area contributed by atoms with Crippen LogP contribution in [0.25, 0.3) is 0 Å². The highest BCUT2D eigenvalue weighted by Crippen LogP contribution is 2.36. The lowest BCUT2D eigenvalue weighted by molar-refractivity contribution is -0.146. The number of piperidine rings is 1. The summed E-state index contributed by atoms with van der Waals surface area (Å²) >= 11 is 0. The summed E-state index contributed by atoms with van der Waals surface area (Å²) in [7, 11) is -0.554. The highest BCUT2D eigenvalue weighted by Gasteiger charge is 2.51. The van der Waals surface area contributed by atoms with Gasteiger partial charge in [-0.05, 0) is 72.3 Å². The maximum Gasteiger partial charge on any atom is 0.494 e. The minimum absolute atomic E-state index is 0.120. The van der Waals surface area contributed by atoms with Crippen molar-refractivity contribution in [3.8, 4) is 0 Å². The number of alkyl carbamates (subject to hydrolysis) is 1. The van der Waals surface area contributed by atoms with E-state index in [1.165, 1.54) is 4.90 Å². The van der Waals surface area contributed by atoms with Gasteiger partial charge in [0.15, 0.2) is 0 Å². The molecule has 0 aromatic heterocycles. The zero-order valence-corrected chi connectivity index (χ0v) is 22.4. The zero-order valence-electron chi connectivity index (χ0n) is 22.4. The Morgan fingerprint density at radius 3 is 2.42 bits per heavy atom. The molecule has 2 aliphatic heterocycles. The SMILES string of the molecule is CC(C)(C)OC(=O)NC(Cc1cccc(B2OC(C)(C)C(C)(C)O2)c1)C(=O)N1CCC[C@@H](C(=O)O)C1. The molecule has 0 radical (unpaired) electrons. The van der Waals surface area contributed by atoms with Gasteiger partial charge < -0.3 is 29.4 Å². The first kappa shape index (κ1) is 28.0. The van der Waals surface area contributed by atoms with Crippen molar-refractivity contribution in [2.24, 2.45) is 5.92 Å². The normalized spacial score (nSPS) is 22.1. The van der Waals surface area contributed by atoms with Gasteiger partial charge in [-0.25, -0.2) is 4.79 Å². The Bertz CT molecular complexity index is 973. The second kappa shape index (κ2) is 10.4. The van der Waals surface area contributed by atoms with E-state index >= 15 is 0 Å². The number of nitrogens with zero attached hydrogens (tertiary/aromatic N) is 1. The van der Waals surface area contributed by atoms with E-state index in [-0.39, 0.29) is 18.9 Å². The van der Waals surface area contributed by atoms with Gasteiger partial charge in [-0.15, -0.1) is 0 Å². The fraction of sp³-hybridized carbons (Fsp3) is 0.654. The highest BCUT2D eigenvalue weighted by atomic mass is 16.7. The number of rotatable bonds is 6. The van der Waals surface area contributed by atoms with Crippen LogP contribution in [0.5, 0.6) is 0 Å². The molecular weight excluding hydrogens is 463 g/mol. The van der Waals surface area contributed by atoms with Crippen molar-refractivity contribution in [3.63, 3.8) is 0 Å². The lowest BCUT2D eigenvalue weighted by atomic mass is 9.78. The summed E-state index contributed by atoms with van der Waals surface area (Å²) < 4.78 is 17.7. The molecule has 1 aromatic carbocycles. The Labute approximate surface area is 214 Å². The topological polar surface area (TPSA) is 114 Å². The monoisotopic (exact) mass is 502 g/mol. The predicted molar refractivity (Wildman–Crippen MR) is 136 cm³/mol. The van der Waals surface area contributed by atoms with Crippen molar-refractivity contribution in [3.05, 3.63) is 29.8 Å². The fourth-order valence-corrected chi connectivity index (χ4v) is 4.33. The summed E-state index contributed by atoms with van der Waals surface area (Å²) in [6.07, 6.45) is 0.632. The maximum atomic E-state index is 13.5. The number of benzene rings is 1. The van der Waals surface area contributed by atoms with Crippen LogP contribution < -0.4 is 10.8 Å². The molecule has 3 rings (SSSR count). The molecule has 1 aromatic rings. The van der Waals surface area contributed by atoms with Crippen LogP contribution in [0.3, 0.4) is 0 Å². The van der Waals surface area contributed by atoms with E-state index in [0.29, 0.717) is 19.4 Å². The Kier molecular flexibility index (Phi) is 8.10. The van der Waals surface area contributed by atoms with E-state index in [4.69, 9.17) is 14.0 Å². The number of likely N-dealkylation sites (tertiary alicyclic amines) is 1. The molecule has 10 heteroatoms. The molecule has 9 nitrogen and oxygen atoms in total. The Morgan fingerprint density at radius 1 is 1.19 bits per heavy atom. The lowest BCUT2D eigenvalue weighted by Gasteiger charge is -2.34. The van der Waals surface area contributed by atoms with Gasteiger partial charge in [0.1, 0.15) is 11.6 Å². The van der Waals surface area contributed by atoms with Gasteiger partial charge in [0, 0.05) is 19.5 Å². The third-order valence-corrected chi connectivity index (χ3v) is 6.99. The van der Waals surface area contributed by atoms with Crippen molar-refractivity contribution in [2.75, 3.05) is 13.1 Å². The van der Waals surface area contributed by atoms with E-state index in [2.05, 4.69) is 5.32 Å². The predicted octanol–water partition coefficient (Wildman–Crippen LogP) is 2.74. The minimum Gasteiger partial charge on any atom is -0.481 e. The van der Waals surface area contributed by atoms with Crippen molar-refractivity contribution in [1.82, 2.24) is 10.2 Å². The molecule has 0 bridgehead atoms. The van der Waals surface area contributed by atoms with Gasteiger partial charge in [0.05, 0.1) is 17.1 Å². The number of hydrogen-bond donors (Lipinski definition) is 2. The average molecular weight is 502 g/mol. The quantitative estimate of drug-likeness (QED) is 0.575. The molecule has 2 atom stereocenters. The summed E-state index contributed by atoms with van der Waals surface area (Å²) in [6.45, 7) is 13.8. The molecule has 2 saturated heterocycles. The molecule has 198 valence electrons. The van der Waals surface area contributed by atoms with Crippen molar-refractivity contribution >= 4 is 30.6 Å². The summed E-state index contributed by atoms with van der Waals surface area (Å²) in [6, 6.07) is 6.65. The second-order valence-corrected chi connectivity index (χ2v) is 11.7. The lowest BCUT2D eigenvalue weighted by Crippen LogP contribution is -2.53. The van der Waals surface area contributed by atoms with Gasteiger partial charge in [0.2, 0.25) is 5.91 Å². The van der Waals surface area contributed by atoms with Gasteiger partial charge in [-0.3, -0.25) is 9.59 Å². The fourth-order valence-electron chi connectivity index (χ4n) is 4.33. The molecule has 0 saturated carbocycles. The number of carboxylic acid groups (broad SMARTS) is 1. The first-order chi connectivity index (χ1) is 16.6. The number of carbonyl (C=O) groups is 3. The van der Waals surface area contributed by atoms with Gasteiger partial charge in [-0.2, -0.15) is 0 Å². The number of carbonyl (C=O) groups excluding carboxylic acids is 2.